The smallest absolute Gasteiger partial charge is 0.333 e. The first-order valence-electron chi connectivity index (χ1n) is 7.17. The van der Waals surface area contributed by atoms with E-state index in [1.165, 1.54) is 4.90 Å². The van der Waals surface area contributed by atoms with Gasteiger partial charge in [-0.15, -0.1) is 0 Å². The van der Waals surface area contributed by atoms with Crippen molar-refractivity contribution in [2.45, 2.75) is 30.3 Å². The Morgan fingerprint density at radius 1 is 1.33 bits per heavy atom. The Morgan fingerprint density at radius 2 is 2.00 bits per heavy atom. The van der Waals surface area contributed by atoms with Gasteiger partial charge in [-0.3, -0.25) is 29.9 Å². The highest BCUT2D eigenvalue weighted by molar-refractivity contribution is 5.89. The third kappa shape index (κ3) is 3.07. The Hall–Kier alpha value is -2.56. The molecular formula is C13H17N3O8. The van der Waals surface area contributed by atoms with Gasteiger partial charge in [-0.25, -0.2) is 4.79 Å². The van der Waals surface area contributed by atoms with Gasteiger partial charge in [0.15, 0.2) is 0 Å². The first kappa shape index (κ1) is 17.8. The summed E-state index contributed by atoms with van der Waals surface area (Å²) < 4.78 is 4.57. The lowest BCUT2D eigenvalue weighted by Crippen LogP contribution is -2.67. The molecule has 0 amide bonds. The highest BCUT2D eigenvalue weighted by Crippen LogP contribution is 2.43. The minimum atomic E-state index is -1.81. The topological polar surface area (TPSA) is 153 Å². The van der Waals surface area contributed by atoms with Crippen LogP contribution in [0.1, 0.15) is 19.3 Å². The average molecular weight is 343 g/mol. The molecule has 1 fully saturated rings. The predicted molar refractivity (Wildman–Crippen MR) is 77.5 cm³/mol. The number of carbonyl (C=O) groups excluding carboxylic acids is 1. The summed E-state index contributed by atoms with van der Waals surface area (Å²) in [5, 5.41) is 32.1. The van der Waals surface area contributed by atoms with E-state index in [4.69, 9.17) is 5.11 Å². The maximum Gasteiger partial charge on any atom is 0.333 e. The van der Waals surface area contributed by atoms with Crippen molar-refractivity contribution in [2.75, 3.05) is 26.7 Å². The van der Waals surface area contributed by atoms with Crippen molar-refractivity contribution in [3.05, 3.63) is 31.9 Å². The van der Waals surface area contributed by atoms with Crippen molar-refractivity contribution in [3.63, 3.8) is 0 Å². The van der Waals surface area contributed by atoms with Crippen LogP contribution in [0.4, 0.5) is 0 Å². The molecule has 0 aromatic carbocycles. The number of methoxy groups -OCH3 is 1. The second kappa shape index (κ2) is 6.15. The number of nitrogens with zero attached hydrogens (tertiary/aromatic N) is 3. The molecule has 132 valence electrons. The van der Waals surface area contributed by atoms with Gasteiger partial charge < -0.3 is 9.84 Å². The molecule has 0 radical (unpaired) electrons. The van der Waals surface area contributed by atoms with Gasteiger partial charge in [0.2, 0.25) is 5.54 Å². The molecule has 2 atom stereocenters. The van der Waals surface area contributed by atoms with E-state index in [-0.39, 0.29) is 44.5 Å². The highest BCUT2D eigenvalue weighted by atomic mass is 16.6. The van der Waals surface area contributed by atoms with Crippen molar-refractivity contribution in [1.29, 1.82) is 0 Å². The third-order valence-corrected chi connectivity index (χ3v) is 4.45. The van der Waals surface area contributed by atoms with E-state index in [0.29, 0.717) is 0 Å². The fraction of sp³-hybridized carbons (Fsp3) is 0.692. The number of carboxylic acid groups (broad SMARTS) is 1. The number of carbonyl (C=O) groups is 2. The molecule has 0 saturated carbocycles. The Labute approximate surface area is 136 Å². The van der Waals surface area contributed by atoms with Crippen LogP contribution in [0.2, 0.25) is 0 Å². The quantitative estimate of drug-likeness (QED) is 0.389. The van der Waals surface area contributed by atoms with Gasteiger partial charge in [-0.1, -0.05) is 0 Å². The largest absolute Gasteiger partial charge is 0.481 e. The Morgan fingerprint density at radius 3 is 2.50 bits per heavy atom. The van der Waals surface area contributed by atoms with E-state index < -0.39 is 32.9 Å². The lowest BCUT2D eigenvalue weighted by Gasteiger charge is -2.44. The molecule has 2 bridgehead atoms. The molecule has 1 N–H and O–H groups in total. The number of hydrogen-bond donors (Lipinski definition) is 1. The second-order valence-electron chi connectivity index (χ2n) is 6.21. The molecule has 0 unspecified atom stereocenters. The number of aliphatic carboxylic acids is 1. The summed E-state index contributed by atoms with van der Waals surface area (Å²) in [5.74, 6) is -1.92. The van der Waals surface area contributed by atoms with Crippen LogP contribution in [0.25, 0.3) is 0 Å². The average Bonchev–Trinajstić information content (AvgIpc) is 2.50. The minimum Gasteiger partial charge on any atom is -0.481 e. The van der Waals surface area contributed by atoms with Crippen molar-refractivity contribution in [2.24, 2.45) is 0 Å². The van der Waals surface area contributed by atoms with Crippen LogP contribution in [-0.2, 0) is 14.3 Å². The Balaban J connectivity index is 2.46. The van der Waals surface area contributed by atoms with Crippen molar-refractivity contribution >= 4 is 11.9 Å². The van der Waals surface area contributed by atoms with E-state index in [2.05, 4.69) is 4.74 Å². The van der Waals surface area contributed by atoms with E-state index in [0.717, 1.165) is 13.2 Å². The van der Waals surface area contributed by atoms with E-state index in [9.17, 15) is 29.8 Å². The van der Waals surface area contributed by atoms with Crippen LogP contribution in [0.5, 0.6) is 0 Å². The number of nitro groups is 2. The van der Waals surface area contributed by atoms with Crippen LogP contribution in [-0.4, -0.2) is 69.6 Å². The van der Waals surface area contributed by atoms with Gasteiger partial charge in [0.1, 0.15) is 0 Å². The van der Waals surface area contributed by atoms with Crippen LogP contribution in [0.15, 0.2) is 11.6 Å². The predicted octanol–water partition coefficient (Wildman–Crippen LogP) is -0.299. The Kier molecular flexibility index (Phi) is 4.56. The highest BCUT2D eigenvalue weighted by Gasteiger charge is 2.64. The van der Waals surface area contributed by atoms with Crippen LogP contribution < -0.4 is 0 Å². The van der Waals surface area contributed by atoms with Crippen molar-refractivity contribution in [3.8, 4) is 0 Å². The monoisotopic (exact) mass is 343 g/mol. The van der Waals surface area contributed by atoms with Crippen molar-refractivity contribution < 1.29 is 29.3 Å². The number of likely N-dealkylation sites (tertiary alicyclic amines) is 1. The number of fused-ring (bicyclic) bond motifs is 2. The van der Waals surface area contributed by atoms with Crippen LogP contribution in [0, 0.1) is 20.2 Å². The maximum atomic E-state index is 11.8. The van der Waals surface area contributed by atoms with Gasteiger partial charge in [0, 0.05) is 28.0 Å². The summed E-state index contributed by atoms with van der Waals surface area (Å²) >= 11 is 0. The minimum absolute atomic E-state index is 0.0398. The van der Waals surface area contributed by atoms with Crippen LogP contribution >= 0.6 is 0 Å². The van der Waals surface area contributed by atoms with Gasteiger partial charge in [0.25, 0.3) is 5.54 Å². The normalized spacial score (nSPS) is 29.5. The third-order valence-electron chi connectivity index (χ3n) is 4.45. The molecule has 24 heavy (non-hydrogen) atoms. The summed E-state index contributed by atoms with van der Waals surface area (Å²) in [6.45, 7) is -0.386. The zero-order chi connectivity index (χ0) is 18.1. The molecule has 0 spiro atoms. The zero-order valence-corrected chi connectivity index (χ0v) is 13.0. The van der Waals surface area contributed by atoms with E-state index in [1.807, 2.05) is 0 Å². The molecule has 11 heteroatoms. The molecule has 2 rings (SSSR count). The lowest BCUT2D eigenvalue weighted by molar-refractivity contribution is -0.619. The maximum absolute atomic E-state index is 11.8. The fourth-order valence-corrected chi connectivity index (χ4v) is 3.52. The molecule has 1 aliphatic carbocycles. The molecular weight excluding hydrogens is 326 g/mol. The standard InChI is InChI=1S/C13H17N3O8/c1-24-11(19)9-4-12(15(20)21)6-13(5-9,16(22)23)8-14(7-12)3-2-10(17)18/h4H,2-3,5-8H2,1H3,(H,17,18)/t12-,13+/m0/s1. The summed E-state index contributed by atoms with van der Waals surface area (Å²) in [4.78, 5) is 46.0. The molecule has 0 aromatic heterocycles. The Bertz CT molecular complexity index is 633. The van der Waals surface area contributed by atoms with E-state index >= 15 is 0 Å². The number of hydrogen-bond acceptors (Lipinski definition) is 8. The first-order chi connectivity index (χ1) is 11.1. The summed E-state index contributed by atoms with van der Waals surface area (Å²) in [6, 6.07) is 0. The number of carboxylic acids is 1. The van der Waals surface area contributed by atoms with Gasteiger partial charge in [-0.2, -0.15) is 0 Å². The van der Waals surface area contributed by atoms with Crippen molar-refractivity contribution in [1.82, 2.24) is 4.90 Å². The first-order valence-corrected chi connectivity index (χ1v) is 7.17. The number of rotatable bonds is 6. The summed E-state index contributed by atoms with van der Waals surface area (Å²) in [5.41, 5.74) is -3.62. The number of ether oxygens (including phenoxy) is 1. The molecule has 1 heterocycles. The summed E-state index contributed by atoms with van der Waals surface area (Å²) in [6.07, 6.45) is 0.221. The number of piperidine rings is 1. The fourth-order valence-electron chi connectivity index (χ4n) is 3.52. The molecule has 1 saturated heterocycles. The van der Waals surface area contributed by atoms with E-state index in [1.54, 1.807) is 0 Å². The molecule has 2 aliphatic rings. The zero-order valence-electron chi connectivity index (χ0n) is 13.0. The van der Waals surface area contributed by atoms with Gasteiger partial charge in [0.05, 0.1) is 39.5 Å². The lowest BCUT2D eigenvalue weighted by atomic mass is 9.69. The second-order valence-corrected chi connectivity index (χ2v) is 6.21. The molecule has 11 nitrogen and oxygen atoms in total. The number of esters is 1. The SMILES string of the molecule is COC(=O)C1=C[C@@]2([N+](=O)[O-])CN(CCC(=O)O)C[C@@]([N+](=O)[O-])(C1)C2. The molecule has 0 aromatic rings. The molecule has 1 aliphatic heterocycles. The summed E-state index contributed by atoms with van der Waals surface area (Å²) in [7, 11) is 1.10. The van der Waals surface area contributed by atoms with Gasteiger partial charge >= 0.3 is 11.9 Å². The van der Waals surface area contributed by atoms with Gasteiger partial charge in [-0.05, 0) is 0 Å². The van der Waals surface area contributed by atoms with Crippen LogP contribution in [0.3, 0.4) is 0 Å².